The monoisotopic (exact) mass is 498 g/mol. The Kier molecular flexibility index (Phi) is 6.88. The molecule has 1 saturated heterocycles. The number of carbonyl (C=O) groups is 1. The SMILES string of the molecule is CC(C)Oc1ccc(-c2ccc(C(=O)NS(=O)(=O)c3cccc(N)n3)c(N3CCCC3C)n2)cn1.[HH]. The molecule has 35 heavy (non-hydrogen) atoms. The molecule has 1 amide bonds. The van der Waals surface area contributed by atoms with Gasteiger partial charge in [0, 0.05) is 31.8 Å². The normalized spacial score (nSPS) is 15.9. The average Bonchev–Trinajstić information content (AvgIpc) is 3.24. The Balaban J connectivity index is 0.00000361. The summed E-state index contributed by atoms with van der Waals surface area (Å²) in [7, 11) is -4.22. The fourth-order valence-corrected chi connectivity index (χ4v) is 4.85. The Morgan fingerprint density at radius 2 is 2.00 bits per heavy atom. The lowest BCUT2D eigenvalue weighted by Crippen LogP contribution is -2.35. The van der Waals surface area contributed by atoms with Gasteiger partial charge >= 0.3 is 0 Å². The van der Waals surface area contributed by atoms with Gasteiger partial charge in [-0.25, -0.2) is 19.7 Å². The van der Waals surface area contributed by atoms with Crippen molar-refractivity contribution >= 4 is 27.6 Å². The predicted octanol–water partition coefficient (Wildman–Crippen LogP) is 3.26. The molecule has 0 spiro atoms. The molecule has 3 N–H and O–H groups in total. The van der Waals surface area contributed by atoms with Crippen molar-refractivity contribution in [3.63, 3.8) is 0 Å². The van der Waals surface area contributed by atoms with Crippen molar-refractivity contribution in [2.75, 3.05) is 17.2 Å². The minimum absolute atomic E-state index is 0. The molecule has 1 fully saturated rings. The van der Waals surface area contributed by atoms with Gasteiger partial charge in [-0.3, -0.25) is 4.79 Å². The number of ether oxygens (including phenoxy) is 1. The summed E-state index contributed by atoms with van der Waals surface area (Å²) in [5.41, 5.74) is 7.12. The van der Waals surface area contributed by atoms with Gasteiger partial charge in [0.05, 0.1) is 17.4 Å². The summed E-state index contributed by atoms with van der Waals surface area (Å²) in [6.45, 7) is 6.61. The number of nitrogens with zero attached hydrogens (tertiary/aromatic N) is 4. The Morgan fingerprint density at radius 1 is 1.20 bits per heavy atom. The Hall–Kier alpha value is -3.73. The van der Waals surface area contributed by atoms with Crippen molar-refractivity contribution in [2.24, 2.45) is 0 Å². The molecule has 0 aliphatic carbocycles. The molecule has 4 rings (SSSR count). The van der Waals surface area contributed by atoms with Crippen LogP contribution in [0.4, 0.5) is 11.6 Å². The lowest BCUT2D eigenvalue weighted by atomic mass is 10.1. The summed E-state index contributed by atoms with van der Waals surface area (Å²) in [5.74, 6) is 0.175. The number of pyridine rings is 3. The lowest BCUT2D eigenvalue weighted by molar-refractivity contribution is 0.0981. The molecule has 11 heteroatoms. The number of aromatic nitrogens is 3. The van der Waals surface area contributed by atoms with Gasteiger partial charge in [-0.2, -0.15) is 8.42 Å². The molecule has 1 aliphatic heterocycles. The van der Waals surface area contributed by atoms with Crippen molar-refractivity contribution in [3.8, 4) is 17.1 Å². The highest BCUT2D eigenvalue weighted by Gasteiger charge is 2.29. The average molecular weight is 499 g/mol. The second-order valence-corrected chi connectivity index (χ2v) is 10.3. The van der Waals surface area contributed by atoms with Crippen LogP contribution in [-0.2, 0) is 10.0 Å². The number of sulfonamides is 1. The number of rotatable bonds is 7. The van der Waals surface area contributed by atoms with Crippen molar-refractivity contribution in [3.05, 3.63) is 54.2 Å². The maximum Gasteiger partial charge on any atom is 0.281 e. The molecular formula is C24H30N6O4S. The fourth-order valence-electron chi connectivity index (χ4n) is 3.91. The number of hydrogen-bond acceptors (Lipinski definition) is 9. The van der Waals surface area contributed by atoms with E-state index in [0.717, 1.165) is 18.4 Å². The van der Waals surface area contributed by atoms with Gasteiger partial charge in [0.15, 0.2) is 5.03 Å². The maximum absolute atomic E-state index is 13.2. The van der Waals surface area contributed by atoms with Crippen molar-refractivity contribution in [2.45, 2.75) is 50.8 Å². The summed E-state index contributed by atoms with van der Waals surface area (Å²) in [6.07, 6.45) is 3.56. The maximum atomic E-state index is 13.2. The van der Waals surface area contributed by atoms with E-state index < -0.39 is 15.9 Å². The third kappa shape index (κ3) is 5.51. The standard InChI is InChI=1S/C24H28N6O4S.H2/c1-15(2)34-21-12-9-17(14-26-21)19-11-10-18(23(27-19)30-13-5-6-16(30)3)24(31)29-35(32,33)22-8-4-7-20(25)28-22;/h4,7-12,14-16H,5-6,13H2,1-3H3,(H2,25,28)(H,29,31);1H. The molecule has 1 unspecified atom stereocenters. The number of carbonyl (C=O) groups excluding carboxylic acids is 1. The van der Waals surface area contributed by atoms with Gasteiger partial charge in [-0.05, 0) is 63.9 Å². The van der Waals surface area contributed by atoms with Crippen molar-refractivity contribution < 1.29 is 19.4 Å². The van der Waals surface area contributed by atoms with E-state index in [1.807, 2.05) is 24.8 Å². The van der Waals surface area contributed by atoms with E-state index in [0.29, 0.717) is 23.9 Å². The van der Waals surface area contributed by atoms with E-state index in [-0.39, 0.29) is 30.0 Å². The number of hydrogen-bond donors (Lipinski definition) is 2. The lowest BCUT2D eigenvalue weighted by Gasteiger charge is -2.25. The minimum Gasteiger partial charge on any atom is -0.475 e. The van der Waals surface area contributed by atoms with Crippen LogP contribution in [-0.4, -0.2) is 48.0 Å². The van der Waals surface area contributed by atoms with Crippen molar-refractivity contribution in [1.82, 2.24) is 19.7 Å². The van der Waals surface area contributed by atoms with Gasteiger partial charge < -0.3 is 15.4 Å². The zero-order valence-electron chi connectivity index (χ0n) is 19.8. The number of nitrogens with one attached hydrogen (secondary N) is 1. The van der Waals surface area contributed by atoms with Gasteiger partial charge in [0.1, 0.15) is 11.6 Å². The summed E-state index contributed by atoms with van der Waals surface area (Å²) < 4.78 is 33.2. The quantitative estimate of drug-likeness (QED) is 0.502. The number of nitrogen functional groups attached to an aromatic ring is 1. The number of amides is 1. The minimum atomic E-state index is -4.22. The van der Waals surface area contributed by atoms with E-state index in [1.165, 1.54) is 18.2 Å². The first-order valence-electron chi connectivity index (χ1n) is 11.3. The molecule has 0 radical (unpaired) electrons. The topological polar surface area (TPSA) is 140 Å². The molecule has 0 saturated carbocycles. The van der Waals surface area contributed by atoms with Crippen LogP contribution in [0.5, 0.6) is 5.88 Å². The zero-order valence-corrected chi connectivity index (χ0v) is 20.6. The highest BCUT2D eigenvalue weighted by atomic mass is 32.2. The first-order chi connectivity index (χ1) is 16.6. The van der Waals surface area contributed by atoms with Gasteiger partial charge in [-0.15, -0.1) is 0 Å². The molecule has 1 aliphatic rings. The summed E-state index contributed by atoms with van der Waals surface area (Å²) in [6, 6.07) is 11.2. The van der Waals surface area contributed by atoms with Crippen LogP contribution >= 0.6 is 0 Å². The Morgan fingerprint density at radius 3 is 2.63 bits per heavy atom. The van der Waals surface area contributed by atoms with Gasteiger partial charge in [0.2, 0.25) is 5.88 Å². The van der Waals surface area contributed by atoms with E-state index in [1.54, 1.807) is 24.4 Å². The molecule has 186 valence electrons. The summed E-state index contributed by atoms with van der Waals surface area (Å²) in [4.78, 5) is 28.1. The van der Waals surface area contributed by atoms with Gasteiger partial charge in [0.25, 0.3) is 15.9 Å². The fraction of sp³-hybridized carbons (Fsp3) is 0.333. The van der Waals surface area contributed by atoms with E-state index >= 15 is 0 Å². The van der Waals surface area contributed by atoms with Crippen LogP contribution in [0.2, 0.25) is 0 Å². The first-order valence-corrected chi connectivity index (χ1v) is 12.8. The molecule has 1 atom stereocenters. The largest absolute Gasteiger partial charge is 0.475 e. The Labute approximate surface area is 206 Å². The number of nitrogens with two attached hydrogens (primary N) is 1. The van der Waals surface area contributed by atoms with Crippen LogP contribution in [0, 0.1) is 0 Å². The first kappa shape index (κ1) is 24.4. The van der Waals surface area contributed by atoms with E-state index in [4.69, 9.17) is 15.5 Å². The third-order valence-electron chi connectivity index (χ3n) is 5.58. The second kappa shape index (κ2) is 9.87. The van der Waals surface area contributed by atoms with Crippen molar-refractivity contribution in [1.29, 1.82) is 0 Å². The highest BCUT2D eigenvalue weighted by molar-refractivity contribution is 7.90. The van der Waals surface area contributed by atoms with Crippen LogP contribution in [0.15, 0.2) is 53.7 Å². The van der Waals surface area contributed by atoms with Gasteiger partial charge in [-0.1, -0.05) is 6.07 Å². The summed E-state index contributed by atoms with van der Waals surface area (Å²) >= 11 is 0. The predicted molar refractivity (Wildman–Crippen MR) is 135 cm³/mol. The molecule has 3 aromatic heterocycles. The molecule has 3 aromatic rings. The second-order valence-electron chi connectivity index (χ2n) is 8.64. The van der Waals surface area contributed by atoms with E-state index in [2.05, 4.69) is 21.6 Å². The third-order valence-corrected chi connectivity index (χ3v) is 6.81. The van der Waals surface area contributed by atoms with Crippen LogP contribution in [0.25, 0.3) is 11.3 Å². The highest BCUT2D eigenvalue weighted by Crippen LogP contribution is 2.30. The molecular weight excluding hydrogens is 468 g/mol. The Bertz CT molecular complexity index is 1330. The van der Waals surface area contributed by atoms with E-state index in [9.17, 15) is 13.2 Å². The zero-order chi connectivity index (χ0) is 25.2. The van der Waals surface area contributed by atoms with Crippen LogP contribution < -0.4 is 20.1 Å². The molecule has 4 heterocycles. The van der Waals surface area contributed by atoms with Crippen LogP contribution in [0.1, 0.15) is 45.4 Å². The molecule has 10 nitrogen and oxygen atoms in total. The van der Waals surface area contributed by atoms with Crippen LogP contribution in [0.3, 0.4) is 0 Å². The molecule has 0 aromatic carbocycles. The number of anilines is 2. The summed E-state index contributed by atoms with van der Waals surface area (Å²) in [5, 5.41) is -0.332. The smallest absolute Gasteiger partial charge is 0.281 e. The molecule has 0 bridgehead atoms.